The molecule has 0 aromatic carbocycles. The third kappa shape index (κ3) is 51.4. The Morgan fingerprint density at radius 2 is 0.747 bits per heavy atom. The fourth-order valence-electron chi connectivity index (χ4n) is 11.2. The molecule has 6 N–H and O–H groups in total. The number of nitrogens with one attached hydrogen (secondary N) is 1. The van der Waals surface area contributed by atoms with Crippen molar-refractivity contribution in [3.8, 4) is 0 Å². The van der Waals surface area contributed by atoms with Crippen molar-refractivity contribution >= 4 is 5.91 Å². The summed E-state index contributed by atoms with van der Waals surface area (Å²) < 4.78 is 11.3. The van der Waals surface area contributed by atoms with E-state index in [4.69, 9.17) is 9.47 Å². The molecule has 1 amide bonds. The minimum Gasteiger partial charge on any atom is -0.394 e. The Hall–Kier alpha value is -2.37. The van der Waals surface area contributed by atoms with Crippen molar-refractivity contribution in [3.63, 3.8) is 0 Å². The second kappa shape index (κ2) is 62.7. The molecule has 9 heteroatoms. The molecule has 0 bridgehead atoms. The molecule has 0 aromatic rings. The van der Waals surface area contributed by atoms with E-state index in [1.807, 2.05) is 6.08 Å². The molecule has 1 aliphatic heterocycles. The smallest absolute Gasteiger partial charge is 0.220 e. The van der Waals surface area contributed by atoms with Crippen LogP contribution in [-0.2, 0) is 14.3 Å². The molecular weight excluding hydrogens is 1030 g/mol. The highest BCUT2D eigenvalue weighted by molar-refractivity contribution is 5.76. The SMILES string of the molecule is CC/C=C\C/C=C\C/C=C\C/C=C\C/C=C\CCCCCCCCCCCCCC(=O)NC(COC1OC(CO)C(O)C(O)C1O)C(O)/C=C/CCCCCCCCCCCCCCCCCCCCCCCCCCCCCCCCC. The zero-order chi connectivity index (χ0) is 60.0. The topological polar surface area (TPSA) is 149 Å². The van der Waals surface area contributed by atoms with Gasteiger partial charge in [-0.3, -0.25) is 4.79 Å². The number of allylic oxidation sites excluding steroid dienone is 11. The summed E-state index contributed by atoms with van der Waals surface area (Å²) in [4.78, 5) is 13.1. The van der Waals surface area contributed by atoms with E-state index in [0.717, 1.165) is 70.6 Å². The van der Waals surface area contributed by atoms with Gasteiger partial charge in [0, 0.05) is 6.42 Å². The highest BCUT2D eigenvalue weighted by Gasteiger charge is 2.44. The van der Waals surface area contributed by atoms with Crippen LogP contribution in [-0.4, -0.2) is 87.5 Å². The van der Waals surface area contributed by atoms with Crippen molar-refractivity contribution in [2.75, 3.05) is 13.2 Å². The first-order chi connectivity index (χ1) is 40.8. The number of aliphatic hydroxyl groups excluding tert-OH is 5. The number of carbonyl (C=O) groups excluding carboxylic acids is 1. The molecule has 0 saturated carbocycles. The predicted molar refractivity (Wildman–Crippen MR) is 355 cm³/mol. The monoisotopic (exact) mass is 1170 g/mol. The van der Waals surface area contributed by atoms with Crippen LogP contribution in [0.15, 0.2) is 72.9 Å². The van der Waals surface area contributed by atoms with E-state index in [1.54, 1.807) is 6.08 Å². The van der Waals surface area contributed by atoms with E-state index < -0.39 is 49.5 Å². The van der Waals surface area contributed by atoms with Crippen LogP contribution in [0.4, 0.5) is 0 Å². The number of aliphatic hydroxyl groups is 5. The first kappa shape index (κ1) is 78.6. The average molecular weight is 1170 g/mol. The van der Waals surface area contributed by atoms with E-state index >= 15 is 0 Å². The van der Waals surface area contributed by atoms with Crippen LogP contribution in [0.2, 0.25) is 0 Å². The van der Waals surface area contributed by atoms with E-state index in [-0.39, 0.29) is 12.5 Å². The van der Waals surface area contributed by atoms with Gasteiger partial charge in [0.15, 0.2) is 6.29 Å². The first-order valence-electron chi connectivity index (χ1n) is 35.7. The van der Waals surface area contributed by atoms with E-state index in [9.17, 15) is 30.3 Å². The van der Waals surface area contributed by atoms with Crippen LogP contribution in [0.5, 0.6) is 0 Å². The van der Waals surface area contributed by atoms with Gasteiger partial charge in [-0.05, 0) is 64.2 Å². The molecule has 0 spiro atoms. The van der Waals surface area contributed by atoms with Crippen LogP contribution in [0, 0.1) is 0 Å². The maximum atomic E-state index is 13.1. The van der Waals surface area contributed by atoms with Crippen molar-refractivity contribution in [3.05, 3.63) is 72.9 Å². The zero-order valence-corrected chi connectivity index (χ0v) is 54.2. The summed E-state index contributed by atoms with van der Waals surface area (Å²) in [5.74, 6) is -0.178. The summed E-state index contributed by atoms with van der Waals surface area (Å²) in [5, 5.41) is 54.8. The van der Waals surface area contributed by atoms with Gasteiger partial charge in [0.2, 0.25) is 5.91 Å². The standard InChI is InChI=1S/C74H135NO8/c1-3-5-7-9-11-13-15-17-19-21-23-25-27-29-31-32-33-34-35-36-38-39-41-43-45-47-49-51-53-55-57-59-61-63-68(77)67(66-82-74-73(81)72(80)71(79)69(65-76)83-74)75-70(78)64-62-60-58-56-54-52-50-48-46-44-42-40-37-30-28-26-24-22-20-18-16-14-12-10-8-6-4-2/h6,8,12,14,18,20,24,26,30,37,61,63,67-69,71-74,76-77,79-81H,3-5,7,9-11,13,15-17,19,21-23,25,27-29,31-36,38-60,62,64-66H2,1-2H3,(H,75,78)/b8-6-,14-12-,20-18-,26-24-,37-30-,63-61+. The first-order valence-corrected chi connectivity index (χ1v) is 35.7. The van der Waals surface area contributed by atoms with Crippen LogP contribution >= 0.6 is 0 Å². The molecule has 484 valence electrons. The highest BCUT2D eigenvalue weighted by Crippen LogP contribution is 2.23. The number of ether oxygens (including phenoxy) is 2. The lowest BCUT2D eigenvalue weighted by Crippen LogP contribution is -2.60. The normalized spacial score (nSPS) is 18.7. The lowest BCUT2D eigenvalue weighted by atomic mass is 9.99. The van der Waals surface area contributed by atoms with Crippen LogP contribution in [0.1, 0.15) is 335 Å². The van der Waals surface area contributed by atoms with Gasteiger partial charge < -0.3 is 40.3 Å². The lowest BCUT2D eigenvalue weighted by Gasteiger charge is -2.40. The van der Waals surface area contributed by atoms with Gasteiger partial charge in [0.1, 0.15) is 24.4 Å². The van der Waals surface area contributed by atoms with E-state index in [0.29, 0.717) is 6.42 Å². The maximum absolute atomic E-state index is 13.1. The third-order valence-corrected chi connectivity index (χ3v) is 16.8. The van der Waals surface area contributed by atoms with Crippen LogP contribution in [0.3, 0.4) is 0 Å². The number of hydrogen-bond acceptors (Lipinski definition) is 8. The molecule has 1 rings (SSSR count). The van der Waals surface area contributed by atoms with Gasteiger partial charge in [-0.25, -0.2) is 0 Å². The minimum absolute atomic E-state index is 0.178. The fraction of sp³-hybridized carbons (Fsp3) is 0.824. The Morgan fingerprint density at radius 3 is 1.11 bits per heavy atom. The molecule has 0 aromatic heterocycles. The second-order valence-corrected chi connectivity index (χ2v) is 24.7. The summed E-state index contributed by atoms with van der Waals surface area (Å²) in [6.07, 6.45) is 81.5. The van der Waals surface area contributed by atoms with Crippen molar-refractivity contribution in [2.24, 2.45) is 0 Å². The Kier molecular flexibility index (Phi) is 59.4. The molecule has 1 heterocycles. The Labute approximate surface area is 512 Å². The summed E-state index contributed by atoms with van der Waals surface area (Å²) >= 11 is 0. The predicted octanol–water partition coefficient (Wildman–Crippen LogP) is 19.5. The van der Waals surface area contributed by atoms with Gasteiger partial charge in [0.25, 0.3) is 0 Å². The van der Waals surface area contributed by atoms with Gasteiger partial charge in [0.05, 0.1) is 25.4 Å². The highest BCUT2D eigenvalue weighted by atomic mass is 16.7. The molecule has 1 saturated heterocycles. The largest absolute Gasteiger partial charge is 0.394 e. The zero-order valence-electron chi connectivity index (χ0n) is 54.2. The summed E-state index contributed by atoms with van der Waals surface area (Å²) in [6.45, 7) is 3.70. The lowest BCUT2D eigenvalue weighted by molar-refractivity contribution is -0.302. The molecule has 9 nitrogen and oxygen atoms in total. The molecule has 83 heavy (non-hydrogen) atoms. The van der Waals surface area contributed by atoms with Gasteiger partial charge in [-0.15, -0.1) is 0 Å². The van der Waals surface area contributed by atoms with E-state index in [1.165, 1.54) is 244 Å². The Morgan fingerprint density at radius 1 is 0.422 bits per heavy atom. The number of unbranched alkanes of at least 4 members (excludes halogenated alkanes) is 42. The summed E-state index contributed by atoms with van der Waals surface area (Å²) in [5.41, 5.74) is 0. The fourth-order valence-corrected chi connectivity index (χ4v) is 11.2. The second-order valence-electron chi connectivity index (χ2n) is 24.7. The molecule has 0 aliphatic carbocycles. The number of carbonyl (C=O) groups is 1. The molecule has 7 unspecified atom stereocenters. The molecule has 1 aliphatic rings. The van der Waals surface area contributed by atoms with Crippen molar-refractivity contribution in [2.45, 2.75) is 378 Å². The number of hydrogen-bond donors (Lipinski definition) is 6. The minimum atomic E-state index is -1.57. The van der Waals surface area contributed by atoms with Crippen molar-refractivity contribution in [1.29, 1.82) is 0 Å². The number of amides is 1. The molecular formula is C74H135NO8. The van der Waals surface area contributed by atoms with Gasteiger partial charge in [-0.1, -0.05) is 337 Å². The molecule has 0 radical (unpaired) electrons. The van der Waals surface area contributed by atoms with Crippen molar-refractivity contribution in [1.82, 2.24) is 5.32 Å². The summed E-state index contributed by atoms with van der Waals surface area (Å²) in [7, 11) is 0. The van der Waals surface area contributed by atoms with Crippen molar-refractivity contribution < 1.29 is 39.8 Å². The quantitative estimate of drug-likeness (QED) is 0.0261. The van der Waals surface area contributed by atoms with E-state index in [2.05, 4.69) is 79.9 Å². The number of rotatable bonds is 62. The maximum Gasteiger partial charge on any atom is 0.220 e. The Balaban J connectivity index is 2.13. The third-order valence-electron chi connectivity index (χ3n) is 16.8. The van der Waals surface area contributed by atoms with Gasteiger partial charge in [-0.2, -0.15) is 0 Å². The summed E-state index contributed by atoms with van der Waals surface area (Å²) in [6, 6.07) is -0.812. The Bertz CT molecular complexity index is 1540. The molecule has 7 atom stereocenters. The molecule has 1 fully saturated rings. The average Bonchev–Trinajstić information content (AvgIpc) is 3.60. The van der Waals surface area contributed by atoms with Crippen LogP contribution in [0.25, 0.3) is 0 Å². The van der Waals surface area contributed by atoms with Crippen LogP contribution < -0.4 is 5.32 Å². The van der Waals surface area contributed by atoms with Gasteiger partial charge >= 0.3 is 0 Å².